The number of nitrogens with zero attached hydrogens (tertiary/aromatic N) is 2. The largest absolute Gasteiger partial charge is 0.481 e. The number of hydrogen-bond acceptors (Lipinski definition) is 7. The Balaban J connectivity index is 0.000000391. The van der Waals surface area contributed by atoms with E-state index in [0.717, 1.165) is 21.9 Å². The lowest BCUT2D eigenvalue weighted by molar-refractivity contribution is 0.00882. The maximum atomic E-state index is 8.47. The maximum absolute atomic E-state index is 8.47. The topological polar surface area (TPSA) is 103 Å². The average Bonchev–Trinajstić information content (AvgIpc) is 2.84. The number of nitrogens with one attached hydrogen (secondary N) is 1. The predicted octanol–water partition coefficient (Wildman–Crippen LogP) is 4.34. The number of anilines is 1. The SMILES string of the molecule is C=C(N)Nc1nc(=C)c(-c2ccc(OC)nc2)cc1=C(C)C.CCC.OCCOC1CCCCC1. The van der Waals surface area contributed by atoms with Crippen LogP contribution in [-0.2, 0) is 4.74 Å². The van der Waals surface area contributed by atoms with E-state index in [1.165, 1.54) is 38.5 Å². The summed E-state index contributed by atoms with van der Waals surface area (Å²) in [4.78, 5) is 8.74. The number of ether oxygens (including phenoxy) is 2. The van der Waals surface area contributed by atoms with Crippen molar-refractivity contribution in [2.75, 3.05) is 25.6 Å². The Kier molecular flexibility index (Phi) is 14.4. The van der Waals surface area contributed by atoms with E-state index in [0.29, 0.717) is 35.6 Å². The number of aliphatic hydroxyl groups is 1. The van der Waals surface area contributed by atoms with Crippen LogP contribution in [-0.4, -0.2) is 41.5 Å². The minimum atomic E-state index is 0.163. The Labute approximate surface area is 210 Å². The number of aromatic nitrogens is 2. The molecule has 35 heavy (non-hydrogen) atoms. The van der Waals surface area contributed by atoms with Gasteiger partial charge in [-0.3, -0.25) is 0 Å². The van der Waals surface area contributed by atoms with Crippen LogP contribution < -0.4 is 26.4 Å². The van der Waals surface area contributed by atoms with Crippen molar-refractivity contribution in [1.29, 1.82) is 0 Å². The smallest absolute Gasteiger partial charge is 0.212 e. The van der Waals surface area contributed by atoms with Crippen LogP contribution in [0.4, 0.5) is 5.82 Å². The van der Waals surface area contributed by atoms with Gasteiger partial charge >= 0.3 is 0 Å². The van der Waals surface area contributed by atoms with Crippen molar-refractivity contribution >= 4 is 18.0 Å². The van der Waals surface area contributed by atoms with Gasteiger partial charge in [-0.1, -0.05) is 58.3 Å². The van der Waals surface area contributed by atoms with E-state index < -0.39 is 0 Å². The highest BCUT2D eigenvalue weighted by Crippen LogP contribution is 2.20. The van der Waals surface area contributed by atoms with Gasteiger partial charge < -0.3 is 25.6 Å². The third kappa shape index (κ3) is 10.9. The number of methoxy groups -OCH3 is 1. The van der Waals surface area contributed by atoms with Crippen molar-refractivity contribution in [3.8, 4) is 17.0 Å². The Morgan fingerprint density at radius 3 is 2.34 bits per heavy atom. The number of aliphatic hydroxyl groups excluding tert-OH is 1. The monoisotopic (exact) mass is 484 g/mol. The van der Waals surface area contributed by atoms with Crippen LogP contribution in [0.1, 0.15) is 66.2 Å². The maximum Gasteiger partial charge on any atom is 0.212 e. The van der Waals surface area contributed by atoms with E-state index in [9.17, 15) is 0 Å². The van der Waals surface area contributed by atoms with E-state index in [4.69, 9.17) is 20.3 Å². The zero-order chi connectivity index (χ0) is 26.2. The summed E-state index contributed by atoms with van der Waals surface area (Å²) < 4.78 is 10.5. The minimum absolute atomic E-state index is 0.163. The van der Waals surface area contributed by atoms with Gasteiger partial charge in [0.1, 0.15) is 5.82 Å². The van der Waals surface area contributed by atoms with Crippen molar-refractivity contribution in [2.24, 2.45) is 5.73 Å². The van der Waals surface area contributed by atoms with E-state index in [2.05, 4.69) is 42.3 Å². The van der Waals surface area contributed by atoms with Crippen LogP contribution >= 0.6 is 0 Å². The molecule has 7 nitrogen and oxygen atoms in total. The molecule has 2 heterocycles. The first-order valence-electron chi connectivity index (χ1n) is 12.4. The molecule has 0 atom stereocenters. The fourth-order valence-electron chi connectivity index (χ4n) is 3.54. The summed E-state index contributed by atoms with van der Waals surface area (Å²) in [5.74, 6) is 1.56. The summed E-state index contributed by atoms with van der Waals surface area (Å²) in [6.07, 6.45) is 9.79. The Morgan fingerprint density at radius 2 is 1.86 bits per heavy atom. The second-order valence-electron chi connectivity index (χ2n) is 8.68. The molecule has 0 amide bonds. The molecular weight excluding hydrogens is 440 g/mol. The lowest BCUT2D eigenvalue weighted by Gasteiger charge is -2.21. The second kappa shape index (κ2) is 16.7. The summed E-state index contributed by atoms with van der Waals surface area (Å²) in [7, 11) is 1.59. The van der Waals surface area contributed by atoms with Crippen LogP contribution in [0.2, 0.25) is 0 Å². The van der Waals surface area contributed by atoms with Gasteiger partial charge in [-0.25, -0.2) is 9.97 Å². The summed E-state index contributed by atoms with van der Waals surface area (Å²) in [5.41, 5.74) is 8.58. The van der Waals surface area contributed by atoms with Crippen molar-refractivity contribution in [3.63, 3.8) is 0 Å². The first-order chi connectivity index (χ1) is 16.8. The molecule has 2 aromatic rings. The van der Waals surface area contributed by atoms with Crippen LogP contribution in [0.15, 0.2) is 36.8 Å². The van der Waals surface area contributed by atoms with Crippen LogP contribution in [0.3, 0.4) is 0 Å². The Hall–Kier alpha value is -2.90. The molecule has 1 saturated carbocycles. The van der Waals surface area contributed by atoms with Gasteiger partial charge in [0.2, 0.25) is 5.88 Å². The van der Waals surface area contributed by atoms with Crippen LogP contribution in [0.5, 0.6) is 5.88 Å². The molecule has 0 aliphatic heterocycles. The van der Waals surface area contributed by atoms with E-state index in [1.807, 2.05) is 32.0 Å². The molecule has 194 valence electrons. The molecule has 1 aliphatic carbocycles. The van der Waals surface area contributed by atoms with Gasteiger partial charge in [-0.05, 0) is 38.8 Å². The first kappa shape index (κ1) is 30.1. The van der Waals surface area contributed by atoms with Gasteiger partial charge in [0, 0.05) is 28.6 Å². The third-order valence-corrected chi connectivity index (χ3v) is 5.17. The molecule has 1 aliphatic rings. The quantitative estimate of drug-likeness (QED) is 0.537. The predicted molar refractivity (Wildman–Crippen MR) is 146 cm³/mol. The summed E-state index contributed by atoms with van der Waals surface area (Å²) in [6.45, 7) is 16.6. The fraction of sp³-hybridized carbons (Fsp3) is 0.500. The Bertz CT molecular complexity index is 996. The number of nitrogens with two attached hydrogens (primary N) is 1. The highest BCUT2D eigenvalue weighted by atomic mass is 16.5. The van der Waals surface area contributed by atoms with E-state index >= 15 is 0 Å². The molecule has 0 radical (unpaired) electrons. The average molecular weight is 485 g/mol. The lowest BCUT2D eigenvalue weighted by atomic mass is 9.98. The normalized spacial score (nSPS) is 13.0. The summed E-state index contributed by atoms with van der Waals surface area (Å²) in [5, 5.41) is 13.0. The van der Waals surface area contributed by atoms with Crippen molar-refractivity contribution in [2.45, 2.75) is 72.3 Å². The molecule has 0 aromatic carbocycles. The third-order valence-electron chi connectivity index (χ3n) is 5.17. The minimum Gasteiger partial charge on any atom is -0.481 e. The first-order valence-corrected chi connectivity index (χ1v) is 12.4. The standard InChI is InChI=1S/C17H20N4O.C8H16O2.C3H8/c1-10(2)14-8-15(11(3)20-17(14)21-12(4)18)13-6-7-16(22-5)19-9-13;9-6-7-10-8-4-2-1-3-5-8;1-3-2/h6-9H,3-4,18H2,1-2,5H3,(H,20,21);8-9H,1-7H2;3H2,1-2H3. The van der Waals surface area contributed by atoms with Gasteiger partial charge in [-0.15, -0.1) is 0 Å². The van der Waals surface area contributed by atoms with Crippen LogP contribution in [0, 0.1) is 0 Å². The number of hydrogen-bond donors (Lipinski definition) is 3. The fourth-order valence-corrected chi connectivity index (χ4v) is 3.54. The van der Waals surface area contributed by atoms with Crippen LogP contribution in [0.25, 0.3) is 23.3 Å². The molecule has 4 N–H and O–H groups in total. The van der Waals surface area contributed by atoms with Gasteiger partial charge in [0.15, 0.2) is 0 Å². The van der Waals surface area contributed by atoms with Gasteiger partial charge in [0.25, 0.3) is 0 Å². The number of pyridine rings is 2. The summed E-state index contributed by atoms with van der Waals surface area (Å²) in [6, 6.07) is 5.77. The van der Waals surface area contributed by atoms with Crippen molar-refractivity contribution in [1.82, 2.24) is 9.97 Å². The molecule has 1 fully saturated rings. The molecule has 2 aromatic heterocycles. The number of rotatable bonds is 7. The highest BCUT2D eigenvalue weighted by Gasteiger charge is 2.12. The molecule has 0 spiro atoms. The summed E-state index contributed by atoms with van der Waals surface area (Å²) >= 11 is 0. The van der Waals surface area contributed by atoms with Gasteiger partial charge in [-0.2, -0.15) is 0 Å². The Morgan fingerprint density at radius 1 is 1.20 bits per heavy atom. The van der Waals surface area contributed by atoms with E-state index in [1.54, 1.807) is 13.3 Å². The van der Waals surface area contributed by atoms with Crippen molar-refractivity contribution < 1.29 is 14.6 Å². The zero-order valence-electron chi connectivity index (χ0n) is 22.2. The molecule has 0 saturated heterocycles. The lowest BCUT2D eigenvalue weighted by Crippen LogP contribution is -2.24. The molecule has 3 rings (SSSR count). The van der Waals surface area contributed by atoms with E-state index in [-0.39, 0.29) is 6.61 Å². The highest BCUT2D eigenvalue weighted by molar-refractivity contribution is 5.66. The molecule has 0 bridgehead atoms. The van der Waals surface area contributed by atoms with Gasteiger partial charge in [0.05, 0.1) is 37.6 Å². The van der Waals surface area contributed by atoms with Crippen molar-refractivity contribution in [3.05, 3.63) is 47.4 Å². The molecule has 7 heteroatoms. The zero-order valence-corrected chi connectivity index (χ0v) is 22.2. The molecule has 0 unspecified atom stereocenters. The second-order valence-corrected chi connectivity index (χ2v) is 8.68. The molecular formula is C28H44N4O3.